The van der Waals surface area contributed by atoms with Crippen LogP contribution >= 0.6 is 31.9 Å². The van der Waals surface area contributed by atoms with Crippen LogP contribution in [0.15, 0.2) is 33.2 Å². The van der Waals surface area contributed by atoms with E-state index in [0.717, 1.165) is 8.95 Å². The molecule has 1 heterocycles. The van der Waals surface area contributed by atoms with E-state index < -0.39 is 10.3 Å². The normalized spacial score (nSPS) is 15.0. The van der Waals surface area contributed by atoms with Gasteiger partial charge in [0.2, 0.25) is 0 Å². The summed E-state index contributed by atoms with van der Waals surface area (Å²) in [4.78, 5) is 23.2. The lowest BCUT2D eigenvalue weighted by Crippen LogP contribution is -2.12. The van der Waals surface area contributed by atoms with E-state index in [0.29, 0.717) is 28.0 Å². The molecule has 27 heavy (non-hydrogen) atoms. The highest BCUT2D eigenvalue weighted by atomic mass is 79.9. The summed E-state index contributed by atoms with van der Waals surface area (Å²) in [6.45, 7) is 5.57. The predicted molar refractivity (Wildman–Crippen MR) is 112 cm³/mol. The van der Waals surface area contributed by atoms with Crippen molar-refractivity contribution in [2.24, 2.45) is 0 Å². The molecule has 0 saturated carbocycles. The number of nitrogens with one attached hydrogen (secondary N) is 1. The molecule has 2 aromatic rings. The summed E-state index contributed by atoms with van der Waals surface area (Å²) in [6.07, 6.45) is 1.60. The maximum Gasteiger partial charge on any atom is 0.311 e. The van der Waals surface area contributed by atoms with Crippen molar-refractivity contribution in [2.75, 3.05) is 5.32 Å². The Bertz CT molecular complexity index is 1020. The SMILES string of the molecule is CC(C)(C)c1cc(C=C2C(=O)Nc3c(Br)cc(Br)cc32)cc([N+](=O)[O-])c1O. The number of benzene rings is 2. The Balaban J connectivity index is 2.23. The lowest BCUT2D eigenvalue weighted by atomic mass is 9.84. The number of carbonyl (C=O) groups excluding carboxylic acids is 1. The van der Waals surface area contributed by atoms with E-state index >= 15 is 0 Å². The first-order valence-electron chi connectivity index (χ1n) is 8.03. The number of hydrogen-bond donors (Lipinski definition) is 2. The minimum Gasteiger partial charge on any atom is -0.502 e. The lowest BCUT2D eigenvalue weighted by Gasteiger charge is -2.20. The van der Waals surface area contributed by atoms with Gasteiger partial charge in [0.25, 0.3) is 5.91 Å². The Morgan fingerprint density at radius 2 is 1.85 bits per heavy atom. The minimum atomic E-state index is -0.623. The van der Waals surface area contributed by atoms with Crippen LogP contribution < -0.4 is 5.32 Å². The molecule has 0 atom stereocenters. The van der Waals surface area contributed by atoms with Gasteiger partial charge in [0.05, 0.1) is 10.6 Å². The number of carbonyl (C=O) groups is 1. The number of amides is 1. The number of hydrogen-bond acceptors (Lipinski definition) is 4. The molecule has 0 aromatic heterocycles. The molecule has 0 unspecified atom stereocenters. The summed E-state index contributed by atoms with van der Waals surface area (Å²) in [7, 11) is 0. The number of fused-ring (bicyclic) bond motifs is 1. The number of nitro groups is 1. The van der Waals surface area contributed by atoms with Crippen molar-refractivity contribution in [1.29, 1.82) is 0 Å². The molecule has 3 rings (SSSR count). The van der Waals surface area contributed by atoms with Crippen LogP contribution in [0.4, 0.5) is 11.4 Å². The number of phenols is 1. The van der Waals surface area contributed by atoms with E-state index in [2.05, 4.69) is 37.2 Å². The zero-order valence-corrected chi connectivity index (χ0v) is 17.9. The zero-order valence-electron chi connectivity index (χ0n) is 14.8. The number of nitro benzene ring substituents is 1. The Kier molecular flexibility index (Phi) is 4.90. The third kappa shape index (κ3) is 3.64. The molecule has 2 aromatic carbocycles. The van der Waals surface area contributed by atoms with E-state index in [1.54, 1.807) is 12.1 Å². The molecule has 0 spiro atoms. The minimum absolute atomic E-state index is 0.295. The van der Waals surface area contributed by atoms with Crippen LogP contribution in [0.25, 0.3) is 11.6 Å². The summed E-state index contributed by atoms with van der Waals surface area (Å²) in [6, 6.07) is 6.58. The van der Waals surface area contributed by atoms with Gasteiger partial charge in [-0.25, -0.2) is 0 Å². The van der Waals surface area contributed by atoms with Crippen molar-refractivity contribution < 1.29 is 14.8 Å². The van der Waals surface area contributed by atoms with Crippen LogP contribution in [-0.2, 0) is 10.2 Å². The Hall–Kier alpha value is -2.19. The zero-order chi connectivity index (χ0) is 20.1. The summed E-state index contributed by atoms with van der Waals surface area (Å²) in [5.41, 5.74) is 1.75. The van der Waals surface area contributed by atoms with Crippen LogP contribution in [0.1, 0.15) is 37.5 Å². The molecule has 0 bridgehead atoms. The molecule has 0 saturated heterocycles. The highest BCUT2D eigenvalue weighted by Gasteiger charge is 2.29. The average Bonchev–Trinajstić information content (AvgIpc) is 2.84. The molecule has 1 aliphatic heterocycles. The van der Waals surface area contributed by atoms with Crippen molar-refractivity contribution in [3.8, 4) is 5.75 Å². The van der Waals surface area contributed by atoms with Gasteiger partial charge in [0, 0.05) is 31.7 Å². The summed E-state index contributed by atoms with van der Waals surface area (Å²) < 4.78 is 1.53. The molecule has 0 fully saturated rings. The van der Waals surface area contributed by atoms with E-state index in [1.165, 1.54) is 6.07 Å². The Morgan fingerprint density at radius 3 is 2.44 bits per heavy atom. The number of aromatic hydroxyl groups is 1. The van der Waals surface area contributed by atoms with Gasteiger partial charge < -0.3 is 10.4 Å². The second-order valence-electron chi connectivity index (χ2n) is 7.27. The molecule has 1 aliphatic rings. The third-order valence-corrected chi connectivity index (χ3v) is 5.34. The van der Waals surface area contributed by atoms with E-state index in [1.807, 2.05) is 32.9 Å². The number of halogens is 2. The van der Waals surface area contributed by atoms with E-state index in [4.69, 9.17) is 0 Å². The molecule has 0 aliphatic carbocycles. The molecule has 6 nitrogen and oxygen atoms in total. The van der Waals surface area contributed by atoms with Crippen LogP contribution in [0.5, 0.6) is 5.75 Å². The van der Waals surface area contributed by atoms with Gasteiger partial charge in [-0.1, -0.05) is 36.7 Å². The van der Waals surface area contributed by atoms with Crippen molar-refractivity contribution in [2.45, 2.75) is 26.2 Å². The monoisotopic (exact) mass is 494 g/mol. The van der Waals surface area contributed by atoms with Crippen molar-refractivity contribution in [1.82, 2.24) is 0 Å². The number of nitrogens with zero attached hydrogens (tertiary/aromatic N) is 1. The molecular formula is C19H16Br2N2O4. The highest BCUT2D eigenvalue weighted by Crippen LogP contribution is 2.42. The molecular weight excluding hydrogens is 480 g/mol. The fraction of sp³-hybridized carbons (Fsp3) is 0.211. The summed E-state index contributed by atoms with van der Waals surface area (Å²) in [5.74, 6) is -0.645. The standard InChI is InChI=1S/C19H16Br2N2O4/c1-19(2,3)13-5-9(6-15(17(13)24)23(26)27)4-12-11-7-10(20)8-14(21)16(11)22-18(12)25/h4-8,24H,1-3H3,(H,22,25). The number of rotatable bonds is 2. The predicted octanol–water partition coefficient (Wildman–Crippen LogP) is 5.62. The second-order valence-corrected chi connectivity index (χ2v) is 9.04. The Labute approximate surface area is 172 Å². The van der Waals surface area contributed by atoms with Crippen molar-refractivity contribution in [3.05, 3.63) is 60.0 Å². The summed E-state index contributed by atoms with van der Waals surface area (Å²) in [5, 5.41) is 24.5. The van der Waals surface area contributed by atoms with Gasteiger partial charge in [0.1, 0.15) is 0 Å². The van der Waals surface area contributed by atoms with Gasteiger partial charge in [0.15, 0.2) is 5.75 Å². The average molecular weight is 496 g/mol. The largest absolute Gasteiger partial charge is 0.502 e. The van der Waals surface area contributed by atoms with Gasteiger partial charge >= 0.3 is 5.69 Å². The first-order valence-corrected chi connectivity index (χ1v) is 9.62. The highest BCUT2D eigenvalue weighted by molar-refractivity contribution is 9.11. The van der Waals surface area contributed by atoms with Gasteiger partial charge in [-0.3, -0.25) is 14.9 Å². The van der Waals surface area contributed by atoms with Gasteiger partial charge in [-0.15, -0.1) is 0 Å². The molecule has 2 N–H and O–H groups in total. The molecule has 8 heteroatoms. The Morgan fingerprint density at radius 1 is 1.19 bits per heavy atom. The number of anilines is 1. The van der Waals surface area contributed by atoms with E-state index in [9.17, 15) is 20.0 Å². The van der Waals surface area contributed by atoms with Crippen LogP contribution in [0.3, 0.4) is 0 Å². The molecule has 0 radical (unpaired) electrons. The van der Waals surface area contributed by atoms with Crippen LogP contribution in [0.2, 0.25) is 0 Å². The maximum atomic E-state index is 12.5. The van der Waals surface area contributed by atoms with Crippen molar-refractivity contribution in [3.63, 3.8) is 0 Å². The van der Waals surface area contributed by atoms with Crippen molar-refractivity contribution >= 4 is 60.8 Å². The quantitative estimate of drug-likeness (QED) is 0.321. The fourth-order valence-corrected chi connectivity index (χ4v) is 4.29. The summed E-state index contributed by atoms with van der Waals surface area (Å²) >= 11 is 6.83. The smallest absolute Gasteiger partial charge is 0.311 e. The van der Waals surface area contributed by atoms with Gasteiger partial charge in [-0.2, -0.15) is 0 Å². The molecule has 1 amide bonds. The fourth-order valence-electron chi connectivity index (χ4n) is 2.96. The van der Waals surface area contributed by atoms with Gasteiger partial charge in [-0.05, 0) is 51.2 Å². The number of phenolic OH excluding ortho intramolecular Hbond substituents is 1. The lowest BCUT2D eigenvalue weighted by molar-refractivity contribution is -0.386. The van der Waals surface area contributed by atoms with Crippen LogP contribution in [0, 0.1) is 10.1 Å². The maximum absolute atomic E-state index is 12.5. The first-order chi connectivity index (χ1) is 12.5. The second kappa shape index (κ2) is 6.76. The third-order valence-electron chi connectivity index (χ3n) is 4.26. The first kappa shape index (κ1) is 19.6. The van der Waals surface area contributed by atoms with E-state index in [-0.39, 0.29) is 17.3 Å². The van der Waals surface area contributed by atoms with Crippen LogP contribution in [-0.4, -0.2) is 15.9 Å². The topological polar surface area (TPSA) is 92.5 Å². The molecule has 140 valence electrons.